The lowest BCUT2D eigenvalue weighted by Crippen LogP contribution is -2.37. The maximum absolute atomic E-state index is 13.4. The highest BCUT2D eigenvalue weighted by Gasteiger charge is 2.41. The number of amides is 2. The molecule has 4 nitrogen and oxygen atoms in total. The Kier molecular flexibility index (Phi) is 4.23. The van der Waals surface area contributed by atoms with Crippen molar-refractivity contribution in [2.75, 3.05) is 13.1 Å². The normalized spacial score (nSPS) is 23.5. The van der Waals surface area contributed by atoms with Crippen molar-refractivity contribution in [3.63, 3.8) is 0 Å². The van der Waals surface area contributed by atoms with Crippen LogP contribution < -0.4 is 5.32 Å². The lowest BCUT2D eigenvalue weighted by Gasteiger charge is -2.19. The molecule has 24 heavy (non-hydrogen) atoms. The zero-order valence-corrected chi connectivity index (χ0v) is 12.7. The molecule has 1 N–H and O–H groups in total. The molecule has 0 spiro atoms. The zero-order valence-electron chi connectivity index (χ0n) is 12.7. The van der Waals surface area contributed by atoms with E-state index in [4.69, 9.17) is 0 Å². The van der Waals surface area contributed by atoms with Crippen LogP contribution in [0, 0.1) is 11.7 Å². The van der Waals surface area contributed by atoms with E-state index < -0.39 is 36.3 Å². The number of rotatable bonds is 3. The Balaban J connectivity index is 1.63. The number of nitrogens with zero attached hydrogens (tertiary/aromatic N) is 1. The summed E-state index contributed by atoms with van der Waals surface area (Å²) >= 11 is 0. The SMILES string of the molecule is O=C(N[C@H]1CCc2ccc(F)cc21)[C@H]1CC(=O)N(CC(F)(F)F)C1. The van der Waals surface area contributed by atoms with Crippen molar-refractivity contribution in [2.45, 2.75) is 31.5 Å². The summed E-state index contributed by atoms with van der Waals surface area (Å²) in [5.41, 5.74) is 1.64. The number of hydrogen-bond donors (Lipinski definition) is 1. The van der Waals surface area contributed by atoms with E-state index in [0.29, 0.717) is 23.3 Å². The smallest absolute Gasteiger partial charge is 0.349 e. The van der Waals surface area contributed by atoms with Crippen molar-refractivity contribution in [3.05, 3.63) is 35.1 Å². The van der Waals surface area contributed by atoms with Crippen LogP contribution >= 0.6 is 0 Å². The van der Waals surface area contributed by atoms with Crippen LogP contribution in [-0.2, 0) is 16.0 Å². The van der Waals surface area contributed by atoms with Crippen LogP contribution in [0.15, 0.2) is 18.2 Å². The minimum Gasteiger partial charge on any atom is -0.349 e. The summed E-state index contributed by atoms with van der Waals surface area (Å²) in [4.78, 5) is 24.6. The molecule has 1 aromatic carbocycles. The number of nitrogens with one attached hydrogen (secondary N) is 1. The molecule has 1 aliphatic carbocycles. The van der Waals surface area contributed by atoms with E-state index in [1.165, 1.54) is 12.1 Å². The van der Waals surface area contributed by atoms with E-state index in [1.807, 2.05) is 0 Å². The maximum atomic E-state index is 13.4. The Morgan fingerprint density at radius 1 is 1.33 bits per heavy atom. The molecule has 8 heteroatoms. The van der Waals surface area contributed by atoms with Gasteiger partial charge < -0.3 is 10.2 Å². The van der Waals surface area contributed by atoms with Gasteiger partial charge in [0.1, 0.15) is 12.4 Å². The summed E-state index contributed by atoms with van der Waals surface area (Å²) in [6.07, 6.45) is -3.41. The molecule has 2 aliphatic rings. The molecule has 1 aromatic rings. The van der Waals surface area contributed by atoms with Crippen molar-refractivity contribution in [2.24, 2.45) is 5.92 Å². The first kappa shape index (κ1) is 16.7. The second-order valence-electron chi connectivity index (χ2n) is 6.23. The minimum atomic E-state index is -4.48. The number of carbonyl (C=O) groups excluding carboxylic acids is 2. The Labute approximate surface area is 135 Å². The first-order valence-electron chi connectivity index (χ1n) is 7.66. The fraction of sp³-hybridized carbons (Fsp3) is 0.500. The number of aryl methyl sites for hydroxylation is 1. The number of hydrogen-bond acceptors (Lipinski definition) is 2. The highest BCUT2D eigenvalue weighted by Crippen LogP contribution is 2.32. The maximum Gasteiger partial charge on any atom is 0.406 e. The van der Waals surface area contributed by atoms with Gasteiger partial charge in [-0.05, 0) is 36.1 Å². The third kappa shape index (κ3) is 3.52. The van der Waals surface area contributed by atoms with Gasteiger partial charge >= 0.3 is 6.18 Å². The number of carbonyl (C=O) groups is 2. The van der Waals surface area contributed by atoms with E-state index >= 15 is 0 Å². The predicted octanol–water partition coefficient (Wildman–Crippen LogP) is 2.34. The molecule has 2 atom stereocenters. The van der Waals surface area contributed by atoms with E-state index in [1.54, 1.807) is 6.07 Å². The molecule has 0 aromatic heterocycles. The molecule has 0 unspecified atom stereocenters. The molecule has 130 valence electrons. The van der Waals surface area contributed by atoms with Crippen LogP contribution in [0.3, 0.4) is 0 Å². The molecule has 1 aliphatic heterocycles. The largest absolute Gasteiger partial charge is 0.406 e. The molecular formula is C16H16F4N2O2. The Bertz CT molecular complexity index is 675. The summed E-state index contributed by atoms with van der Waals surface area (Å²) in [6.45, 7) is -1.58. The monoisotopic (exact) mass is 344 g/mol. The van der Waals surface area contributed by atoms with Crippen LogP contribution in [0.1, 0.15) is 30.0 Å². The Morgan fingerprint density at radius 3 is 2.79 bits per heavy atom. The van der Waals surface area contributed by atoms with Crippen molar-refractivity contribution < 1.29 is 27.2 Å². The molecule has 0 radical (unpaired) electrons. The van der Waals surface area contributed by atoms with E-state index in [0.717, 1.165) is 5.56 Å². The molecule has 1 saturated heterocycles. The van der Waals surface area contributed by atoms with Gasteiger partial charge in [0.15, 0.2) is 0 Å². The van der Waals surface area contributed by atoms with Crippen molar-refractivity contribution in [3.8, 4) is 0 Å². The first-order valence-corrected chi connectivity index (χ1v) is 7.66. The minimum absolute atomic E-state index is 0.232. The molecule has 0 bridgehead atoms. The van der Waals surface area contributed by atoms with E-state index in [9.17, 15) is 27.2 Å². The van der Waals surface area contributed by atoms with Gasteiger partial charge in [0, 0.05) is 13.0 Å². The number of fused-ring (bicyclic) bond motifs is 1. The molecule has 1 heterocycles. The van der Waals surface area contributed by atoms with Crippen LogP contribution in [-0.4, -0.2) is 36.0 Å². The number of benzene rings is 1. The zero-order chi connectivity index (χ0) is 17.5. The number of alkyl halides is 3. The lowest BCUT2D eigenvalue weighted by atomic mass is 10.0. The lowest BCUT2D eigenvalue weighted by molar-refractivity contribution is -0.157. The van der Waals surface area contributed by atoms with Crippen molar-refractivity contribution in [1.82, 2.24) is 10.2 Å². The van der Waals surface area contributed by atoms with Crippen LogP contribution in [0.4, 0.5) is 17.6 Å². The van der Waals surface area contributed by atoms with Crippen molar-refractivity contribution in [1.29, 1.82) is 0 Å². The van der Waals surface area contributed by atoms with Crippen LogP contribution in [0.2, 0.25) is 0 Å². The third-order valence-corrected chi connectivity index (χ3v) is 4.46. The average molecular weight is 344 g/mol. The second-order valence-corrected chi connectivity index (χ2v) is 6.23. The third-order valence-electron chi connectivity index (χ3n) is 4.46. The predicted molar refractivity (Wildman–Crippen MR) is 76.3 cm³/mol. The van der Waals surface area contributed by atoms with Gasteiger partial charge in [-0.1, -0.05) is 6.07 Å². The van der Waals surface area contributed by atoms with Gasteiger partial charge in [0.05, 0.1) is 12.0 Å². The quantitative estimate of drug-likeness (QED) is 0.856. The Hall–Kier alpha value is -2.12. The van der Waals surface area contributed by atoms with Gasteiger partial charge in [-0.25, -0.2) is 4.39 Å². The van der Waals surface area contributed by atoms with E-state index in [-0.39, 0.29) is 19.0 Å². The summed E-state index contributed by atoms with van der Waals surface area (Å²) in [6, 6.07) is 4.02. The fourth-order valence-electron chi connectivity index (χ4n) is 3.33. The first-order chi connectivity index (χ1) is 11.2. The second kappa shape index (κ2) is 6.07. The summed E-state index contributed by atoms with van der Waals surface area (Å²) in [5.74, 6) is -2.35. The standard InChI is InChI=1S/C16H16F4N2O2/c17-11-3-1-9-2-4-13(12(9)6-11)21-15(24)10-5-14(23)22(7-10)8-16(18,19)20/h1,3,6,10,13H,2,4-5,7-8H2,(H,21,24)/t10-,13-/m0/s1. The fourth-order valence-corrected chi connectivity index (χ4v) is 3.33. The molecule has 2 amide bonds. The highest BCUT2D eigenvalue weighted by molar-refractivity contribution is 5.89. The topological polar surface area (TPSA) is 49.4 Å². The van der Waals surface area contributed by atoms with Crippen molar-refractivity contribution >= 4 is 11.8 Å². The molecular weight excluding hydrogens is 328 g/mol. The number of halogens is 4. The van der Waals surface area contributed by atoms with E-state index in [2.05, 4.69) is 5.32 Å². The van der Waals surface area contributed by atoms with Gasteiger partial charge in [-0.15, -0.1) is 0 Å². The van der Waals surface area contributed by atoms with Crippen LogP contribution in [0.5, 0.6) is 0 Å². The van der Waals surface area contributed by atoms with Gasteiger partial charge in [0.25, 0.3) is 0 Å². The highest BCUT2D eigenvalue weighted by atomic mass is 19.4. The van der Waals surface area contributed by atoms with Gasteiger partial charge in [-0.2, -0.15) is 13.2 Å². The van der Waals surface area contributed by atoms with Gasteiger partial charge in [0.2, 0.25) is 11.8 Å². The summed E-state index contributed by atoms with van der Waals surface area (Å²) in [5, 5.41) is 2.74. The molecule has 1 fully saturated rings. The average Bonchev–Trinajstić information content (AvgIpc) is 3.02. The molecule has 0 saturated carbocycles. The van der Waals surface area contributed by atoms with Gasteiger partial charge in [-0.3, -0.25) is 9.59 Å². The Morgan fingerprint density at radius 2 is 2.08 bits per heavy atom. The van der Waals surface area contributed by atoms with Crippen LogP contribution in [0.25, 0.3) is 0 Å². The molecule has 3 rings (SSSR count). The summed E-state index contributed by atoms with van der Waals surface area (Å²) < 4.78 is 50.6. The number of likely N-dealkylation sites (tertiary alicyclic amines) is 1. The summed E-state index contributed by atoms with van der Waals surface area (Å²) in [7, 11) is 0.